The number of ketones is 1. The fourth-order valence-electron chi connectivity index (χ4n) is 4.75. The van der Waals surface area contributed by atoms with Crippen molar-refractivity contribution in [3.05, 3.63) is 63.9 Å². The van der Waals surface area contributed by atoms with Crippen molar-refractivity contribution in [3.8, 4) is 0 Å². The monoisotopic (exact) mass is 426 g/mol. The maximum atomic E-state index is 13.4. The summed E-state index contributed by atoms with van der Waals surface area (Å²) < 4.78 is 0. The topological polar surface area (TPSA) is 102 Å². The minimum Gasteiger partial charge on any atom is -0.331 e. The molecule has 2 atom stereocenters. The molecule has 2 aromatic rings. The Bertz CT molecular complexity index is 979. The summed E-state index contributed by atoms with van der Waals surface area (Å²) in [5, 5.41) is 0.629. The Hall–Kier alpha value is -2.28. The van der Waals surface area contributed by atoms with Crippen molar-refractivity contribution in [1.82, 2.24) is 9.88 Å². The lowest BCUT2D eigenvalue weighted by Crippen LogP contribution is -2.54. The zero-order valence-corrected chi connectivity index (χ0v) is 17.7. The van der Waals surface area contributed by atoms with Gasteiger partial charge < -0.3 is 16.4 Å². The van der Waals surface area contributed by atoms with Crippen LogP contribution in [0.25, 0.3) is 0 Å². The van der Waals surface area contributed by atoms with Crippen LogP contribution in [0.4, 0.5) is 0 Å². The second kappa shape index (κ2) is 8.46. The second-order valence-electron chi connectivity index (χ2n) is 8.22. The van der Waals surface area contributed by atoms with Gasteiger partial charge in [0.15, 0.2) is 5.78 Å². The van der Waals surface area contributed by atoms with Gasteiger partial charge in [-0.25, -0.2) is 0 Å². The van der Waals surface area contributed by atoms with Crippen LogP contribution in [0.15, 0.2) is 36.5 Å². The molecule has 30 heavy (non-hydrogen) atoms. The van der Waals surface area contributed by atoms with Crippen molar-refractivity contribution in [2.75, 3.05) is 6.54 Å². The van der Waals surface area contributed by atoms with E-state index >= 15 is 0 Å². The van der Waals surface area contributed by atoms with Gasteiger partial charge in [0.05, 0.1) is 11.7 Å². The zero-order chi connectivity index (χ0) is 21.3. The molecule has 4 rings (SSSR count). The molecule has 1 saturated heterocycles. The van der Waals surface area contributed by atoms with Crippen molar-refractivity contribution in [2.45, 2.75) is 56.7 Å². The number of Topliss-reactive ketones (excluding diaryl/α,β-unsaturated/α-hetero) is 1. The number of pyridine rings is 1. The molecule has 1 aliphatic carbocycles. The van der Waals surface area contributed by atoms with E-state index in [1.54, 1.807) is 17.2 Å². The molecule has 1 aliphatic heterocycles. The Morgan fingerprint density at radius 3 is 2.90 bits per heavy atom. The first kappa shape index (κ1) is 21.0. The number of aromatic nitrogens is 1. The molecule has 1 fully saturated rings. The quantitative estimate of drug-likeness (QED) is 0.738. The van der Waals surface area contributed by atoms with Crippen molar-refractivity contribution < 1.29 is 9.59 Å². The highest BCUT2D eigenvalue weighted by Crippen LogP contribution is 2.36. The molecule has 0 saturated carbocycles. The van der Waals surface area contributed by atoms with Crippen LogP contribution in [-0.2, 0) is 34.5 Å². The van der Waals surface area contributed by atoms with E-state index in [2.05, 4.69) is 4.98 Å². The molecular formula is C23H27ClN4O2. The van der Waals surface area contributed by atoms with Crippen LogP contribution in [0.5, 0.6) is 0 Å². The lowest BCUT2D eigenvalue weighted by molar-refractivity contribution is -0.142. The number of fused-ring (bicyclic) bond motifs is 1. The van der Waals surface area contributed by atoms with E-state index in [9.17, 15) is 9.59 Å². The van der Waals surface area contributed by atoms with Crippen LogP contribution in [-0.4, -0.2) is 34.2 Å². The third kappa shape index (κ3) is 3.75. The summed E-state index contributed by atoms with van der Waals surface area (Å²) in [6.45, 7) is 0.957. The van der Waals surface area contributed by atoms with E-state index < -0.39 is 11.6 Å². The molecule has 0 spiro atoms. The highest BCUT2D eigenvalue weighted by atomic mass is 35.5. The summed E-state index contributed by atoms with van der Waals surface area (Å²) in [6, 6.07) is 8.98. The number of halogens is 1. The van der Waals surface area contributed by atoms with Gasteiger partial charge in [0.1, 0.15) is 5.54 Å². The SMILES string of the molecule is NCc1ccc(Cl)cc1CCC(=O)[C@@H]1CCCN1C(=O)C1(N)CCc2cccnc21. The maximum Gasteiger partial charge on any atom is 0.249 e. The number of amides is 1. The number of nitrogens with zero attached hydrogens (tertiary/aromatic N) is 2. The third-order valence-electron chi connectivity index (χ3n) is 6.40. The van der Waals surface area contributed by atoms with E-state index in [1.165, 1.54) is 0 Å². The Labute approximate surface area is 181 Å². The summed E-state index contributed by atoms with van der Waals surface area (Å²) in [5.41, 5.74) is 14.9. The molecule has 6 nitrogen and oxygen atoms in total. The number of carbonyl (C=O) groups is 2. The predicted molar refractivity (Wildman–Crippen MR) is 116 cm³/mol. The Kier molecular flexibility index (Phi) is 5.91. The molecule has 158 valence electrons. The lowest BCUT2D eigenvalue weighted by Gasteiger charge is -2.32. The summed E-state index contributed by atoms with van der Waals surface area (Å²) in [4.78, 5) is 32.6. The summed E-state index contributed by atoms with van der Waals surface area (Å²) in [5.74, 6) is -0.118. The molecule has 0 bridgehead atoms. The second-order valence-corrected chi connectivity index (χ2v) is 8.66. The van der Waals surface area contributed by atoms with E-state index in [0.29, 0.717) is 49.5 Å². The molecule has 2 aliphatic rings. The minimum absolute atomic E-state index is 0.0617. The average Bonchev–Trinajstić information content (AvgIpc) is 3.38. The van der Waals surface area contributed by atoms with Crippen LogP contribution in [0.3, 0.4) is 0 Å². The first-order chi connectivity index (χ1) is 14.4. The van der Waals surface area contributed by atoms with Gasteiger partial charge in [-0.05, 0) is 67.0 Å². The van der Waals surface area contributed by atoms with Crippen LogP contribution >= 0.6 is 11.6 Å². The standard InChI is InChI=1S/C23H27ClN4O2/c24-18-7-5-17(14-25)16(13-18)6-8-20(29)19-4-2-12-28(19)22(30)23(26)10-9-15-3-1-11-27-21(15)23/h1,3,5,7,11,13,19H,2,4,6,8-10,12,14,25-26H2/t19-,23?/m0/s1. The zero-order valence-electron chi connectivity index (χ0n) is 16.9. The van der Waals surface area contributed by atoms with Crippen molar-refractivity contribution in [3.63, 3.8) is 0 Å². The molecule has 1 amide bonds. The molecule has 1 unspecified atom stereocenters. The van der Waals surface area contributed by atoms with E-state index in [-0.39, 0.29) is 11.7 Å². The van der Waals surface area contributed by atoms with Crippen LogP contribution < -0.4 is 11.5 Å². The summed E-state index contributed by atoms with van der Waals surface area (Å²) in [6.07, 6.45) is 5.31. The number of benzene rings is 1. The molecular weight excluding hydrogens is 400 g/mol. The number of aryl methyl sites for hydroxylation is 2. The minimum atomic E-state index is -1.14. The Balaban J connectivity index is 1.48. The summed E-state index contributed by atoms with van der Waals surface area (Å²) >= 11 is 6.11. The van der Waals surface area contributed by atoms with Gasteiger partial charge in [-0.2, -0.15) is 0 Å². The van der Waals surface area contributed by atoms with Gasteiger partial charge in [0, 0.05) is 30.7 Å². The van der Waals surface area contributed by atoms with E-state index in [0.717, 1.165) is 29.5 Å². The summed E-state index contributed by atoms with van der Waals surface area (Å²) in [7, 11) is 0. The predicted octanol–water partition coefficient (Wildman–Crippen LogP) is 2.49. The highest BCUT2D eigenvalue weighted by Gasteiger charge is 2.48. The van der Waals surface area contributed by atoms with Gasteiger partial charge in [0.2, 0.25) is 5.91 Å². The maximum absolute atomic E-state index is 13.4. The molecule has 0 radical (unpaired) electrons. The van der Waals surface area contributed by atoms with Gasteiger partial charge in [-0.1, -0.05) is 23.7 Å². The fourth-order valence-corrected chi connectivity index (χ4v) is 4.95. The van der Waals surface area contributed by atoms with Gasteiger partial charge in [-0.15, -0.1) is 0 Å². The Morgan fingerprint density at radius 1 is 1.27 bits per heavy atom. The van der Waals surface area contributed by atoms with Crippen molar-refractivity contribution in [1.29, 1.82) is 0 Å². The molecule has 1 aromatic carbocycles. The van der Waals surface area contributed by atoms with E-state index in [4.69, 9.17) is 23.1 Å². The van der Waals surface area contributed by atoms with Gasteiger partial charge >= 0.3 is 0 Å². The largest absolute Gasteiger partial charge is 0.331 e. The molecule has 4 N–H and O–H groups in total. The van der Waals surface area contributed by atoms with Gasteiger partial charge in [-0.3, -0.25) is 14.6 Å². The van der Waals surface area contributed by atoms with Gasteiger partial charge in [0.25, 0.3) is 0 Å². The van der Waals surface area contributed by atoms with E-state index in [1.807, 2.05) is 24.3 Å². The smallest absolute Gasteiger partial charge is 0.249 e. The number of hydrogen-bond donors (Lipinski definition) is 2. The number of likely N-dealkylation sites (tertiary alicyclic amines) is 1. The average molecular weight is 427 g/mol. The highest BCUT2D eigenvalue weighted by molar-refractivity contribution is 6.30. The van der Waals surface area contributed by atoms with Crippen LogP contribution in [0.1, 0.15) is 48.1 Å². The number of nitrogens with two attached hydrogens (primary N) is 2. The number of carbonyl (C=O) groups excluding carboxylic acids is 2. The van der Waals surface area contributed by atoms with Crippen LogP contribution in [0, 0.1) is 0 Å². The van der Waals surface area contributed by atoms with Crippen LogP contribution in [0.2, 0.25) is 5.02 Å². The first-order valence-corrected chi connectivity index (χ1v) is 10.9. The van der Waals surface area contributed by atoms with Crippen molar-refractivity contribution in [2.24, 2.45) is 11.5 Å². The molecule has 2 heterocycles. The Morgan fingerprint density at radius 2 is 2.10 bits per heavy atom. The number of rotatable bonds is 6. The fraction of sp³-hybridized carbons (Fsp3) is 0.435. The number of hydrogen-bond acceptors (Lipinski definition) is 5. The third-order valence-corrected chi connectivity index (χ3v) is 6.63. The first-order valence-electron chi connectivity index (χ1n) is 10.5. The molecule has 1 aromatic heterocycles. The van der Waals surface area contributed by atoms with Crippen molar-refractivity contribution >= 4 is 23.3 Å². The normalized spacial score (nSPS) is 22.9. The molecule has 7 heteroatoms. The lowest BCUT2D eigenvalue weighted by atomic mass is 9.93.